The standard InChI is InChI=1S/C27H28N4O2.C25H30N4O2.C20H19FN4O3.C20H20N4O3/c1-2-31-25-15-13-21(14-16-27(32)29-33)17-24(25)28-26(31)20-30(18-22-9-5-3-6-10-22)19-23-11-7-4-8-12-23;30-25(27-31)14-11-21-9-12-23-22(19-21)26-24(13-10-20-7-3-1-4-8-20)29(23)18-17-28-15-5-2-6-16-28;1-25-17-8-4-13(5-9-19(26)24-28)10-16(17)23-18(25)12-22-20(27)11-14-2-6-15(21)7-3-14;1-2-24-17-10-8-15(9-11-18(25)23-27)12-16(17)21-20(24)22-19(26)13-14-6-4-3-5-7-14/h3-17,33H,2,18-20H2,1H3,(H,29,32);1,3-4,7-9,11-12,14,19,31H,2,5-6,10,13,15-18H2,(H,27,30);2-10,28H,11-12H2,1H3,(H,22,27)(H,24,26);3-12,27H,2,13H2,1H3,(H,23,25)(H,21,22,26)/b16-14+;14-11+;9-5+;11-9+. The molecule has 0 radical (unpaired) electrons. The molecule has 27 heteroatoms. The van der Waals surface area contributed by atoms with Crippen molar-refractivity contribution in [1.82, 2.24) is 75.2 Å². The zero-order valence-corrected chi connectivity index (χ0v) is 66.5. The van der Waals surface area contributed by atoms with Gasteiger partial charge in [0.05, 0.1) is 70.1 Å². The van der Waals surface area contributed by atoms with E-state index in [2.05, 4.69) is 125 Å². The smallest absolute Gasteiger partial charge is 0.267 e. The number of hydrogen-bond donors (Lipinski definition) is 10. The number of carbonyl (C=O) groups excluding carboxylic acids is 6. The Morgan fingerprint density at radius 3 is 1.29 bits per heavy atom. The molecule has 9 aromatic carbocycles. The summed E-state index contributed by atoms with van der Waals surface area (Å²) in [7, 11) is 1.85. The molecule has 4 aromatic heterocycles. The fourth-order valence-corrected chi connectivity index (χ4v) is 13.9. The number of rotatable bonds is 29. The predicted octanol–water partition coefficient (Wildman–Crippen LogP) is 13.4. The first-order valence-electron chi connectivity index (χ1n) is 39.3. The van der Waals surface area contributed by atoms with Gasteiger partial charge in [-0.15, -0.1) is 0 Å². The largest absolute Gasteiger partial charge is 0.349 e. The highest BCUT2D eigenvalue weighted by Gasteiger charge is 2.20. The molecule has 10 N–H and O–H groups in total. The SMILES string of the molecule is CCn1c(CN(Cc2ccccc2)Cc2ccccc2)nc2cc(/C=C/C(=O)NO)ccc21.CCn1c(NC(=O)Cc2ccccc2)nc2cc(/C=C/C(=O)NO)ccc21.Cn1c(CNC(=O)Cc2ccc(F)cc2)nc2cc(/C=C/C(=O)NO)ccc21.O=C(/C=C/c1ccc2c(c1)nc(CCc1ccccc1)n2CCN1CCCCC1)NO. The molecule has 0 bridgehead atoms. The third kappa shape index (κ3) is 25.4. The molecule has 612 valence electrons. The minimum Gasteiger partial charge on any atom is -0.349 e. The summed E-state index contributed by atoms with van der Waals surface area (Å²) in [5.41, 5.74) is 22.3. The van der Waals surface area contributed by atoms with Crippen molar-refractivity contribution in [3.05, 3.63) is 316 Å². The molecule has 6 amide bonds. The van der Waals surface area contributed by atoms with Crippen LogP contribution in [0.2, 0.25) is 0 Å². The van der Waals surface area contributed by atoms with Crippen LogP contribution in [0.4, 0.5) is 10.3 Å². The number of fused-ring (bicyclic) bond motifs is 4. The summed E-state index contributed by atoms with van der Waals surface area (Å²) in [6.45, 7) is 12.5. The maximum absolute atomic E-state index is 12.9. The Morgan fingerprint density at radius 2 is 0.815 bits per heavy atom. The summed E-state index contributed by atoms with van der Waals surface area (Å²) in [6, 6.07) is 69.9. The van der Waals surface area contributed by atoms with Crippen LogP contribution in [0.3, 0.4) is 0 Å². The number of likely N-dealkylation sites (tertiary alicyclic amines) is 1. The number of nitrogens with zero attached hydrogens (tertiary/aromatic N) is 10. The van der Waals surface area contributed by atoms with Crippen LogP contribution in [0.25, 0.3) is 68.4 Å². The molecular formula is C92H97FN16O10. The minimum atomic E-state index is -0.620. The Morgan fingerprint density at radius 1 is 0.412 bits per heavy atom. The molecule has 119 heavy (non-hydrogen) atoms. The second kappa shape index (κ2) is 43.9. The Kier molecular flexibility index (Phi) is 31.8. The lowest BCUT2D eigenvalue weighted by molar-refractivity contribution is -0.124. The van der Waals surface area contributed by atoms with Crippen molar-refractivity contribution in [3.8, 4) is 0 Å². The van der Waals surface area contributed by atoms with Gasteiger partial charge in [0.2, 0.25) is 17.8 Å². The zero-order valence-electron chi connectivity index (χ0n) is 66.5. The molecule has 13 aromatic rings. The van der Waals surface area contributed by atoms with Crippen molar-refractivity contribution < 1.29 is 54.0 Å². The van der Waals surface area contributed by atoms with E-state index in [0.717, 1.165) is 129 Å². The number of halogens is 1. The van der Waals surface area contributed by atoms with Crippen LogP contribution in [-0.2, 0) is 107 Å². The monoisotopic (exact) mass is 1600 g/mol. The molecule has 1 aliphatic heterocycles. The molecule has 0 aliphatic carbocycles. The van der Waals surface area contributed by atoms with E-state index in [1.165, 1.54) is 91.0 Å². The summed E-state index contributed by atoms with van der Waals surface area (Å²) < 4.78 is 21.3. The number of amides is 6. The van der Waals surface area contributed by atoms with Crippen LogP contribution in [0.1, 0.15) is 101 Å². The number of piperidine rings is 1. The Labute approximate surface area is 688 Å². The summed E-state index contributed by atoms with van der Waals surface area (Å²) in [5.74, 6) is 0.285. The second-order valence-corrected chi connectivity index (χ2v) is 28.2. The normalized spacial score (nSPS) is 12.2. The molecule has 1 aliphatic rings. The summed E-state index contributed by atoms with van der Waals surface area (Å²) >= 11 is 0. The van der Waals surface area contributed by atoms with Gasteiger partial charge in [0.25, 0.3) is 23.6 Å². The van der Waals surface area contributed by atoms with Gasteiger partial charge in [-0.25, -0.2) is 46.2 Å². The number of imidazole rings is 4. The number of aryl methyl sites for hydroxylation is 5. The van der Waals surface area contributed by atoms with Gasteiger partial charge in [-0.05, 0) is 181 Å². The van der Waals surface area contributed by atoms with Crippen molar-refractivity contribution in [2.75, 3.05) is 25.0 Å². The average molecular weight is 1610 g/mol. The predicted molar refractivity (Wildman–Crippen MR) is 458 cm³/mol. The molecular weight excluding hydrogens is 1510 g/mol. The van der Waals surface area contributed by atoms with Crippen molar-refractivity contribution in [3.63, 3.8) is 0 Å². The van der Waals surface area contributed by atoms with E-state index < -0.39 is 23.6 Å². The number of hydrogen-bond acceptors (Lipinski definition) is 16. The molecule has 0 unspecified atom stereocenters. The van der Waals surface area contributed by atoms with E-state index in [-0.39, 0.29) is 37.0 Å². The highest BCUT2D eigenvalue weighted by atomic mass is 19.1. The second-order valence-electron chi connectivity index (χ2n) is 28.2. The lowest BCUT2D eigenvalue weighted by atomic mass is 10.1. The number of hydroxylamine groups is 4. The first-order chi connectivity index (χ1) is 57.9. The van der Waals surface area contributed by atoms with Crippen LogP contribution >= 0.6 is 0 Å². The molecule has 0 saturated carbocycles. The van der Waals surface area contributed by atoms with E-state index in [9.17, 15) is 33.2 Å². The van der Waals surface area contributed by atoms with Crippen molar-refractivity contribution in [2.24, 2.45) is 7.05 Å². The van der Waals surface area contributed by atoms with E-state index in [1.54, 1.807) is 58.9 Å². The number of benzene rings is 9. The molecule has 26 nitrogen and oxygen atoms in total. The first-order valence-corrected chi connectivity index (χ1v) is 39.3. The van der Waals surface area contributed by atoms with Crippen LogP contribution in [0, 0.1) is 5.82 Å². The number of nitrogens with one attached hydrogen (secondary N) is 6. The van der Waals surface area contributed by atoms with E-state index in [4.69, 9.17) is 30.8 Å². The van der Waals surface area contributed by atoms with Gasteiger partial charge in [-0.2, -0.15) is 0 Å². The molecule has 0 spiro atoms. The summed E-state index contributed by atoms with van der Waals surface area (Å²) in [4.78, 5) is 93.2. The molecule has 1 fully saturated rings. The topological polar surface area (TPSA) is 333 Å². The van der Waals surface area contributed by atoms with Crippen LogP contribution in [0.15, 0.2) is 243 Å². The summed E-state index contributed by atoms with van der Waals surface area (Å²) in [5, 5.41) is 40.1. The Hall–Kier alpha value is -13.7. The molecule has 1 saturated heterocycles. The Bertz CT molecular complexity index is 5660. The van der Waals surface area contributed by atoms with Gasteiger partial charge in [-0.3, -0.25) is 59.8 Å². The van der Waals surface area contributed by atoms with Crippen LogP contribution < -0.4 is 32.6 Å². The first kappa shape index (κ1) is 86.2. The van der Waals surface area contributed by atoms with Gasteiger partial charge in [0, 0.05) is 77.0 Å². The fraction of sp³-hybridized carbons (Fsp3) is 0.217. The lowest BCUT2D eigenvalue weighted by Gasteiger charge is -2.26. The third-order valence-corrected chi connectivity index (χ3v) is 19.9. The number of aromatic nitrogens is 8. The Balaban J connectivity index is 0.000000156. The number of carbonyl (C=O) groups is 6. The van der Waals surface area contributed by atoms with Crippen molar-refractivity contribution >= 4 is 110 Å². The fourth-order valence-electron chi connectivity index (χ4n) is 13.9. The van der Waals surface area contributed by atoms with Gasteiger partial charge < -0.3 is 28.5 Å². The minimum absolute atomic E-state index is 0.133. The zero-order chi connectivity index (χ0) is 83.8. The number of anilines is 1. The maximum atomic E-state index is 12.9. The highest BCUT2D eigenvalue weighted by molar-refractivity contribution is 5.96. The maximum Gasteiger partial charge on any atom is 0.267 e. The van der Waals surface area contributed by atoms with Crippen LogP contribution in [0.5, 0.6) is 0 Å². The quantitative estimate of drug-likeness (QED) is 0.0118. The lowest BCUT2D eigenvalue weighted by Crippen LogP contribution is -2.32. The molecule has 5 heterocycles. The van der Waals surface area contributed by atoms with E-state index in [0.29, 0.717) is 30.4 Å². The van der Waals surface area contributed by atoms with Gasteiger partial charge >= 0.3 is 0 Å². The van der Waals surface area contributed by atoms with Crippen molar-refractivity contribution in [2.45, 2.75) is 105 Å². The van der Waals surface area contributed by atoms with Crippen molar-refractivity contribution in [1.29, 1.82) is 0 Å². The van der Waals surface area contributed by atoms with Gasteiger partial charge in [0.15, 0.2) is 0 Å². The van der Waals surface area contributed by atoms with Gasteiger partial charge in [0.1, 0.15) is 23.3 Å². The molecule has 14 rings (SSSR count). The third-order valence-electron chi connectivity index (χ3n) is 19.9. The molecule has 0 atom stereocenters. The van der Waals surface area contributed by atoms with Crippen LogP contribution in [-0.4, -0.2) is 124 Å². The average Bonchev–Trinajstić information content (AvgIpc) is 1.68. The van der Waals surface area contributed by atoms with E-state index >= 15 is 0 Å². The van der Waals surface area contributed by atoms with Gasteiger partial charge in [-0.1, -0.05) is 164 Å². The van der Waals surface area contributed by atoms with E-state index in [1.807, 2.05) is 132 Å². The summed E-state index contributed by atoms with van der Waals surface area (Å²) in [6.07, 6.45) is 17.7. The highest BCUT2D eigenvalue weighted by Crippen LogP contribution is 2.27.